The van der Waals surface area contributed by atoms with Crippen molar-refractivity contribution in [3.05, 3.63) is 47.3 Å². The van der Waals surface area contributed by atoms with Gasteiger partial charge >= 0.3 is 0 Å². The Balaban J connectivity index is 1.67. The van der Waals surface area contributed by atoms with E-state index in [9.17, 15) is 9.59 Å². The van der Waals surface area contributed by atoms with Crippen molar-refractivity contribution in [3.63, 3.8) is 0 Å². The van der Waals surface area contributed by atoms with E-state index in [0.29, 0.717) is 31.9 Å². The van der Waals surface area contributed by atoms with Crippen molar-refractivity contribution in [2.24, 2.45) is 0 Å². The van der Waals surface area contributed by atoms with E-state index in [0.717, 1.165) is 43.3 Å². The lowest BCUT2D eigenvalue weighted by Gasteiger charge is -2.32. The lowest BCUT2D eigenvalue weighted by atomic mass is 9.95. The molecule has 4 rings (SSSR count). The molecular formula is C19H22N4O2. The van der Waals surface area contributed by atoms with Crippen LogP contribution in [-0.4, -0.2) is 58.1 Å². The van der Waals surface area contributed by atoms with Crippen LogP contribution in [-0.2, 0) is 17.6 Å². The first-order valence-corrected chi connectivity index (χ1v) is 8.93. The van der Waals surface area contributed by atoms with Crippen molar-refractivity contribution >= 4 is 12.3 Å². The van der Waals surface area contributed by atoms with Crippen LogP contribution >= 0.6 is 0 Å². The molecule has 6 nitrogen and oxygen atoms in total. The number of nitrogens with zero attached hydrogens (tertiary/aromatic N) is 4. The summed E-state index contributed by atoms with van der Waals surface area (Å²) in [4.78, 5) is 27.5. The normalized spacial score (nSPS) is 17.3. The minimum atomic E-state index is -0.00150. The Hall–Kier alpha value is -2.63. The zero-order valence-corrected chi connectivity index (χ0v) is 14.2. The van der Waals surface area contributed by atoms with E-state index in [2.05, 4.69) is 0 Å². The lowest BCUT2D eigenvalue weighted by Crippen LogP contribution is -2.48. The van der Waals surface area contributed by atoms with E-state index in [1.54, 1.807) is 4.90 Å². The van der Waals surface area contributed by atoms with Crippen molar-refractivity contribution in [3.8, 4) is 5.69 Å². The van der Waals surface area contributed by atoms with E-state index in [-0.39, 0.29) is 5.91 Å². The van der Waals surface area contributed by atoms with E-state index in [1.807, 2.05) is 39.9 Å². The van der Waals surface area contributed by atoms with E-state index >= 15 is 0 Å². The molecule has 0 radical (unpaired) electrons. The molecule has 1 aliphatic heterocycles. The summed E-state index contributed by atoms with van der Waals surface area (Å²) in [7, 11) is 0. The molecule has 1 aliphatic carbocycles. The average molecular weight is 338 g/mol. The largest absolute Gasteiger partial charge is 0.342 e. The molecule has 2 aliphatic rings. The van der Waals surface area contributed by atoms with Crippen LogP contribution in [0.2, 0.25) is 0 Å². The summed E-state index contributed by atoms with van der Waals surface area (Å²) in [6.07, 6.45) is 4.97. The maximum Gasteiger partial charge on any atom is 0.274 e. The number of rotatable bonds is 3. The number of benzene rings is 1. The SMILES string of the molecule is O=CN1CCN(C(=O)c2nn(-c3ccccc3)c3c2CCCC3)CC1. The minimum absolute atomic E-state index is 0.00150. The number of piperazine rings is 1. The molecule has 1 aromatic heterocycles. The third-order valence-electron chi connectivity index (χ3n) is 5.13. The maximum absolute atomic E-state index is 13.1. The molecule has 0 saturated carbocycles. The number of carbonyl (C=O) groups excluding carboxylic acids is 2. The van der Waals surface area contributed by atoms with Crippen LogP contribution in [0.5, 0.6) is 0 Å². The maximum atomic E-state index is 13.1. The standard InChI is InChI=1S/C19H22N4O2/c24-14-21-10-12-22(13-11-21)19(25)18-16-8-4-5-9-17(16)23(20-18)15-6-2-1-3-7-15/h1-3,6-7,14H,4-5,8-13H2. The molecule has 2 heterocycles. The van der Waals surface area contributed by atoms with Crippen molar-refractivity contribution in [1.29, 1.82) is 0 Å². The number of amides is 2. The third kappa shape index (κ3) is 2.92. The number of para-hydroxylation sites is 1. The fourth-order valence-corrected chi connectivity index (χ4v) is 3.73. The Bertz CT molecular complexity index is 776. The van der Waals surface area contributed by atoms with E-state index in [1.165, 1.54) is 5.69 Å². The fourth-order valence-electron chi connectivity index (χ4n) is 3.73. The molecule has 1 aromatic carbocycles. The number of carbonyl (C=O) groups is 2. The minimum Gasteiger partial charge on any atom is -0.342 e. The Labute approximate surface area is 147 Å². The van der Waals surface area contributed by atoms with Gasteiger partial charge in [-0.05, 0) is 37.8 Å². The summed E-state index contributed by atoms with van der Waals surface area (Å²) in [5.41, 5.74) is 3.88. The smallest absolute Gasteiger partial charge is 0.274 e. The van der Waals surface area contributed by atoms with E-state index in [4.69, 9.17) is 5.10 Å². The average Bonchev–Trinajstić information content (AvgIpc) is 3.08. The molecule has 0 N–H and O–H groups in total. The summed E-state index contributed by atoms with van der Waals surface area (Å²) >= 11 is 0. The molecule has 2 aromatic rings. The highest BCUT2D eigenvalue weighted by atomic mass is 16.2. The highest BCUT2D eigenvalue weighted by Gasteiger charge is 2.29. The first-order chi connectivity index (χ1) is 12.3. The predicted octanol–water partition coefficient (Wildman–Crippen LogP) is 1.67. The summed E-state index contributed by atoms with van der Waals surface area (Å²) in [6, 6.07) is 10.0. The van der Waals surface area contributed by atoms with Gasteiger partial charge in [0.05, 0.1) is 5.69 Å². The quantitative estimate of drug-likeness (QED) is 0.800. The Morgan fingerprint density at radius 3 is 2.44 bits per heavy atom. The van der Waals surface area contributed by atoms with Crippen LogP contribution in [0.4, 0.5) is 0 Å². The molecular weight excluding hydrogens is 316 g/mol. The second kappa shape index (κ2) is 6.70. The molecule has 0 bridgehead atoms. The van der Waals surface area contributed by atoms with Crippen LogP contribution < -0.4 is 0 Å². The molecule has 6 heteroatoms. The summed E-state index contributed by atoms with van der Waals surface area (Å²) in [5, 5.41) is 4.72. The molecule has 2 amide bonds. The van der Waals surface area contributed by atoms with Gasteiger partial charge in [0.25, 0.3) is 5.91 Å². The topological polar surface area (TPSA) is 58.4 Å². The predicted molar refractivity (Wildman–Crippen MR) is 93.7 cm³/mol. The van der Waals surface area contributed by atoms with Gasteiger partial charge in [0.15, 0.2) is 5.69 Å². The molecule has 0 spiro atoms. The summed E-state index contributed by atoms with van der Waals surface area (Å²) in [6.45, 7) is 2.34. The van der Waals surface area contributed by atoms with Gasteiger partial charge in [-0.2, -0.15) is 5.10 Å². The monoisotopic (exact) mass is 338 g/mol. The van der Waals surface area contributed by atoms with Crippen LogP contribution in [0, 0.1) is 0 Å². The number of hydrogen-bond acceptors (Lipinski definition) is 3. The van der Waals surface area contributed by atoms with Crippen LogP contribution in [0.15, 0.2) is 30.3 Å². The van der Waals surface area contributed by atoms with Gasteiger partial charge in [0.2, 0.25) is 6.41 Å². The highest BCUT2D eigenvalue weighted by molar-refractivity contribution is 5.94. The van der Waals surface area contributed by atoms with Gasteiger partial charge in [0, 0.05) is 37.4 Å². The van der Waals surface area contributed by atoms with Gasteiger partial charge in [-0.15, -0.1) is 0 Å². The number of fused-ring (bicyclic) bond motifs is 1. The Kier molecular flexibility index (Phi) is 4.26. The van der Waals surface area contributed by atoms with Gasteiger partial charge in [-0.25, -0.2) is 4.68 Å². The Morgan fingerprint density at radius 2 is 1.72 bits per heavy atom. The molecule has 1 saturated heterocycles. The van der Waals surface area contributed by atoms with Gasteiger partial charge in [-0.1, -0.05) is 18.2 Å². The Morgan fingerprint density at radius 1 is 1.00 bits per heavy atom. The zero-order valence-electron chi connectivity index (χ0n) is 14.2. The fraction of sp³-hybridized carbons (Fsp3) is 0.421. The number of hydrogen-bond donors (Lipinski definition) is 0. The van der Waals surface area contributed by atoms with Crippen molar-refractivity contribution in [2.75, 3.05) is 26.2 Å². The highest BCUT2D eigenvalue weighted by Crippen LogP contribution is 2.28. The van der Waals surface area contributed by atoms with Crippen molar-refractivity contribution in [1.82, 2.24) is 19.6 Å². The molecule has 130 valence electrons. The second-order valence-electron chi connectivity index (χ2n) is 6.66. The first-order valence-electron chi connectivity index (χ1n) is 8.93. The van der Waals surface area contributed by atoms with Gasteiger partial charge in [-0.3, -0.25) is 9.59 Å². The van der Waals surface area contributed by atoms with Crippen molar-refractivity contribution in [2.45, 2.75) is 25.7 Å². The molecule has 0 atom stereocenters. The lowest BCUT2D eigenvalue weighted by molar-refractivity contribution is -0.119. The van der Waals surface area contributed by atoms with Crippen molar-refractivity contribution < 1.29 is 9.59 Å². The van der Waals surface area contributed by atoms with Crippen LogP contribution in [0.3, 0.4) is 0 Å². The summed E-state index contributed by atoms with van der Waals surface area (Å²) in [5.74, 6) is -0.00150. The number of aromatic nitrogens is 2. The second-order valence-corrected chi connectivity index (χ2v) is 6.66. The van der Waals surface area contributed by atoms with Crippen LogP contribution in [0.1, 0.15) is 34.6 Å². The molecule has 25 heavy (non-hydrogen) atoms. The van der Waals surface area contributed by atoms with Gasteiger partial charge < -0.3 is 9.80 Å². The molecule has 0 unspecified atom stereocenters. The van der Waals surface area contributed by atoms with Gasteiger partial charge in [0.1, 0.15) is 0 Å². The summed E-state index contributed by atoms with van der Waals surface area (Å²) < 4.78 is 1.95. The first kappa shape index (κ1) is 15.9. The van der Waals surface area contributed by atoms with E-state index < -0.39 is 0 Å². The molecule has 1 fully saturated rings. The zero-order chi connectivity index (χ0) is 17.2. The van der Waals surface area contributed by atoms with Crippen LogP contribution in [0.25, 0.3) is 5.69 Å². The third-order valence-corrected chi connectivity index (χ3v) is 5.13.